The van der Waals surface area contributed by atoms with Crippen molar-refractivity contribution in [3.05, 3.63) is 70.5 Å². The first-order valence-corrected chi connectivity index (χ1v) is 10.9. The zero-order valence-corrected chi connectivity index (χ0v) is 19.0. The highest BCUT2D eigenvalue weighted by atomic mass is 35.5. The second kappa shape index (κ2) is 7.89. The lowest BCUT2D eigenvalue weighted by Crippen LogP contribution is -2.38. The largest absolute Gasteiger partial charge is 0.471 e. The van der Waals surface area contributed by atoms with Crippen LogP contribution in [0.25, 0.3) is 33.8 Å². The van der Waals surface area contributed by atoms with Crippen LogP contribution < -0.4 is 10.5 Å². The summed E-state index contributed by atoms with van der Waals surface area (Å²) in [4.78, 5) is 9.00. The summed E-state index contributed by atoms with van der Waals surface area (Å²) in [7, 11) is 0. The molecule has 0 bridgehead atoms. The van der Waals surface area contributed by atoms with Crippen molar-refractivity contribution in [1.82, 2.24) is 15.1 Å². The van der Waals surface area contributed by atoms with Gasteiger partial charge in [0, 0.05) is 39.7 Å². The van der Waals surface area contributed by atoms with Gasteiger partial charge in [-0.2, -0.15) is 4.98 Å². The molecule has 1 atom stereocenters. The molecule has 2 N–H and O–H groups in total. The van der Waals surface area contributed by atoms with Crippen molar-refractivity contribution in [1.29, 1.82) is 0 Å². The van der Waals surface area contributed by atoms with E-state index in [0.717, 1.165) is 27.8 Å². The Morgan fingerprint density at radius 1 is 1.00 bits per heavy atom. The number of halogens is 2. The predicted octanol–water partition coefficient (Wildman–Crippen LogP) is 6.33. The molecule has 0 saturated carbocycles. The Bertz CT molecular complexity index is 1290. The van der Waals surface area contributed by atoms with Gasteiger partial charge in [0.1, 0.15) is 5.60 Å². The number of nitrogens with zero attached hydrogens (tertiary/aromatic N) is 3. The molecule has 0 radical (unpaired) electrons. The highest BCUT2D eigenvalue weighted by Gasteiger charge is 2.34. The molecular formula is C24H20Cl2N4O2. The van der Waals surface area contributed by atoms with E-state index < -0.39 is 5.60 Å². The number of pyridine rings is 1. The molecule has 5 rings (SSSR count). The Kier molecular flexibility index (Phi) is 5.16. The molecule has 1 aliphatic heterocycles. The van der Waals surface area contributed by atoms with Crippen LogP contribution in [-0.4, -0.2) is 20.7 Å². The molecule has 0 fully saturated rings. The lowest BCUT2D eigenvalue weighted by Gasteiger charge is -2.35. The molecule has 162 valence electrons. The number of rotatable bonds is 3. The smallest absolute Gasteiger partial charge is 0.219 e. The monoisotopic (exact) mass is 466 g/mol. The fraction of sp³-hybridized carbons (Fsp3) is 0.208. The molecule has 0 saturated heterocycles. The van der Waals surface area contributed by atoms with Crippen molar-refractivity contribution < 1.29 is 9.26 Å². The van der Waals surface area contributed by atoms with E-state index in [1.807, 2.05) is 56.3 Å². The fourth-order valence-electron chi connectivity index (χ4n) is 4.00. The van der Waals surface area contributed by atoms with E-state index in [4.69, 9.17) is 43.2 Å². The van der Waals surface area contributed by atoms with Gasteiger partial charge in [-0.15, -0.1) is 0 Å². The molecule has 2 aromatic heterocycles. The molecule has 1 unspecified atom stereocenters. The van der Waals surface area contributed by atoms with Crippen molar-refractivity contribution in [2.45, 2.75) is 31.9 Å². The van der Waals surface area contributed by atoms with E-state index in [1.54, 1.807) is 6.07 Å². The third-order valence-corrected chi connectivity index (χ3v) is 6.06. The average molecular weight is 467 g/mol. The standard InChI is InChI=1S/C24H20Cl2N4O2/c1-24(2)11-20(27)18-10-17(13-3-6-15(25)7-4-13)21(29-23(18)32-24)16-8-5-14(9-19(16)26)22-28-12-31-30-22/h3-10,12,20H,11,27H2,1-2H3. The Labute approximate surface area is 195 Å². The summed E-state index contributed by atoms with van der Waals surface area (Å²) in [6, 6.07) is 15.0. The third-order valence-electron chi connectivity index (χ3n) is 5.50. The van der Waals surface area contributed by atoms with Gasteiger partial charge < -0.3 is 15.0 Å². The first-order chi connectivity index (χ1) is 15.3. The zero-order chi connectivity index (χ0) is 22.5. The molecule has 1 aliphatic rings. The van der Waals surface area contributed by atoms with Crippen LogP contribution in [0.1, 0.15) is 31.9 Å². The molecule has 6 nitrogen and oxygen atoms in total. The number of aromatic nitrogens is 3. The maximum atomic E-state index is 6.72. The van der Waals surface area contributed by atoms with E-state index in [-0.39, 0.29) is 6.04 Å². The second-order valence-electron chi connectivity index (χ2n) is 8.41. The summed E-state index contributed by atoms with van der Waals surface area (Å²) in [6.07, 6.45) is 1.98. The predicted molar refractivity (Wildman–Crippen MR) is 125 cm³/mol. The Hall–Kier alpha value is -2.93. The van der Waals surface area contributed by atoms with Crippen molar-refractivity contribution in [2.24, 2.45) is 5.73 Å². The van der Waals surface area contributed by atoms with Gasteiger partial charge in [0.05, 0.1) is 10.7 Å². The minimum atomic E-state index is -0.412. The maximum Gasteiger partial charge on any atom is 0.219 e. The van der Waals surface area contributed by atoms with Crippen molar-refractivity contribution >= 4 is 23.2 Å². The lowest BCUT2D eigenvalue weighted by molar-refractivity contribution is 0.0669. The van der Waals surface area contributed by atoms with Crippen LogP contribution in [0.15, 0.2) is 59.4 Å². The van der Waals surface area contributed by atoms with Gasteiger partial charge in [0.15, 0.2) is 0 Å². The topological polar surface area (TPSA) is 87.1 Å². The van der Waals surface area contributed by atoms with Gasteiger partial charge in [0.2, 0.25) is 18.1 Å². The van der Waals surface area contributed by atoms with E-state index in [9.17, 15) is 0 Å². The number of hydrogen-bond donors (Lipinski definition) is 1. The van der Waals surface area contributed by atoms with Crippen molar-refractivity contribution in [2.75, 3.05) is 0 Å². The van der Waals surface area contributed by atoms with Gasteiger partial charge in [-0.25, -0.2) is 4.98 Å². The Morgan fingerprint density at radius 2 is 1.75 bits per heavy atom. The van der Waals surface area contributed by atoms with E-state index in [0.29, 0.717) is 33.9 Å². The number of hydrogen-bond acceptors (Lipinski definition) is 6. The number of fused-ring (bicyclic) bond motifs is 1. The summed E-state index contributed by atoms with van der Waals surface area (Å²) in [5, 5.41) is 5.05. The highest BCUT2D eigenvalue weighted by Crippen LogP contribution is 2.44. The Balaban J connectivity index is 1.71. The van der Waals surface area contributed by atoms with E-state index in [2.05, 4.69) is 10.1 Å². The summed E-state index contributed by atoms with van der Waals surface area (Å²) < 4.78 is 11.0. The van der Waals surface area contributed by atoms with E-state index in [1.165, 1.54) is 6.39 Å². The van der Waals surface area contributed by atoms with Crippen molar-refractivity contribution in [3.63, 3.8) is 0 Å². The molecule has 0 amide bonds. The highest BCUT2D eigenvalue weighted by molar-refractivity contribution is 6.33. The molecule has 4 aromatic rings. The molecule has 3 heterocycles. The first kappa shape index (κ1) is 20.9. The molecule has 32 heavy (non-hydrogen) atoms. The van der Waals surface area contributed by atoms with Crippen molar-refractivity contribution in [3.8, 4) is 39.7 Å². The third kappa shape index (κ3) is 3.86. The maximum absolute atomic E-state index is 6.72. The first-order valence-electron chi connectivity index (χ1n) is 10.1. The van der Waals surface area contributed by atoms with Gasteiger partial charge in [-0.1, -0.05) is 52.6 Å². The summed E-state index contributed by atoms with van der Waals surface area (Å²) >= 11 is 12.8. The minimum absolute atomic E-state index is 0.183. The van der Waals surface area contributed by atoms with Gasteiger partial charge >= 0.3 is 0 Å². The molecule has 0 spiro atoms. The molecule has 0 aliphatic carbocycles. The minimum Gasteiger partial charge on any atom is -0.471 e. The van der Waals surface area contributed by atoms with Crippen LogP contribution in [0.4, 0.5) is 0 Å². The van der Waals surface area contributed by atoms with Crippen LogP contribution in [0.2, 0.25) is 10.0 Å². The normalized spacial score (nSPS) is 17.0. The second-order valence-corrected chi connectivity index (χ2v) is 9.25. The lowest BCUT2D eigenvalue weighted by atomic mass is 9.89. The fourth-order valence-corrected chi connectivity index (χ4v) is 4.40. The summed E-state index contributed by atoms with van der Waals surface area (Å²) in [5.74, 6) is 0.991. The number of benzene rings is 2. The summed E-state index contributed by atoms with van der Waals surface area (Å²) in [6.45, 7) is 4.02. The average Bonchev–Trinajstić information content (AvgIpc) is 3.28. The molecular weight excluding hydrogens is 447 g/mol. The van der Waals surface area contributed by atoms with Crippen LogP contribution >= 0.6 is 23.2 Å². The van der Waals surface area contributed by atoms with Crippen LogP contribution in [0.3, 0.4) is 0 Å². The molecule has 2 aromatic carbocycles. The SMILES string of the molecule is CC1(C)CC(N)c2cc(-c3ccc(Cl)cc3)c(-c3ccc(-c4ncon4)cc3Cl)nc2O1. The van der Waals surface area contributed by atoms with Gasteiger partial charge in [0.25, 0.3) is 0 Å². The number of ether oxygens (including phenoxy) is 1. The molecule has 8 heteroatoms. The van der Waals surface area contributed by atoms with Crippen LogP contribution in [0.5, 0.6) is 5.88 Å². The zero-order valence-electron chi connectivity index (χ0n) is 17.5. The number of nitrogens with two attached hydrogens (primary N) is 1. The van der Waals surface area contributed by atoms with Gasteiger partial charge in [-0.05, 0) is 43.7 Å². The quantitative estimate of drug-likeness (QED) is 0.379. The van der Waals surface area contributed by atoms with E-state index >= 15 is 0 Å². The van der Waals surface area contributed by atoms with Crippen LogP contribution in [0, 0.1) is 0 Å². The van der Waals surface area contributed by atoms with Gasteiger partial charge in [-0.3, -0.25) is 0 Å². The Morgan fingerprint density at radius 3 is 2.44 bits per heavy atom. The summed E-state index contributed by atoms with van der Waals surface area (Å²) in [5.41, 5.74) is 11.0. The van der Waals surface area contributed by atoms with Crippen LogP contribution in [-0.2, 0) is 0 Å².